The summed E-state index contributed by atoms with van der Waals surface area (Å²) in [4.78, 5) is 113. The summed E-state index contributed by atoms with van der Waals surface area (Å²) < 4.78 is 11.8. The number of urea groups is 2. The van der Waals surface area contributed by atoms with Crippen LogP contribution >= 0.6 is 0 Å². The Kier molecular flexibility index (Phi) is 14.0. The van der Waals surface area contributed by atoms with Gasteiger partial charge in [-0.05, 0) is 85.3 Å². The third kappa shape index (κ3) is 9.76. The highest BCUT2D eigenvalue weighted by Crippen LogP contribution is 2.36. The highest BCUT2D eigenvalue weighted by Gasteiger charge is 2.57. The Labute approximate surface area is 386 Å². The van der Waals surface area contributed by atoms with Gasteiger partial charge < -0.3 is 19.3 Å². The lowest BCUT2D eigenvalue weighted by atomic mass is 9.84. The third-order valence-electron chi connectivity index (χ3n) is 12.7. The molecule has 0 unspecified atom stereocenters. The Morgan fingerprint density at radius 3 is 1.12 bits per heavy atom. The van der Waals surface area contributed by atoms with Crippen LogP contribution in [0.3, 0.4) is 0 Å². The number of unbranched alkanes of at least 4 members (excludes halogenated alkanes) is 2. The van der Waals surface area contributed by atoms with Gasteiger partial charge in [-0.1, -0.05) is 67.1 Å². The number of hydrogen-bond donors (Lipinski definition) is 4. The molecule has 18 heteroatoms. The lowest BCUT2D eigenvalue weighted by Gasteiger charge is -2.42. The van der Waals surface area contributed by atoms with E-state index in [9.17, 15) is 38.4 Å². The fraction of sp³-hybridized carbons (Fsp3) is 0.347. The number of hydrogen-bond acceptors (Lipinski definition) is 12. The molecule has 0 spiro atoms. The lowest BCUT2D eigenvalue weighted by Crippen LogP contribution is -2.71. The molecule has 4 heterocycles. The minimum Gasteiger partial charge on any atom is -0.457 e. The van der Waals surface area contributed by atoms with E-state index in [1.165, 1.54) is 0 Å². The number of amides is 10. The number of nitrogens with zero attached hydrogens (tertiary/aromatic N) is 4. The van der Waals surface area contributed by atoms with Gasteiger partial charge in [0.05, 0.1) is 0 Å². The van der Waals surface area contributed by atoms with Crippen LogP contribution < -0.4 is 30.7 Å². The smallest absolute Gasteiger partial charge is 0.328 e. The zero-order valence-corrected chi connectivity index (χ0v) is 36.9. The van der Waals surface area contributed by atoms with Crippen LogP contribution in [0, 0.1) is 0 Å². The first-order chi connectivity index (χ1) is 32.5. The molecule has 4 saturated heterocycles. The number of carbonyl (C=O) groups is 8. The van der Waals surface area contributed by atoms with Crippen LogP contribution in [-0.4, -0.2) is 119 Å². The Balaban J connectivity index is 0.828. The standard InChI is InChI=1S/C49H52N8O10/c58-40(54-26-10-28-56(32-30-54)48(42(60)50-46(64)51-43(48)61)34-18-22-38(23-19-34)66-36-12-4-1-5-13-36)16-8-3-9-17-41(59)55-27-11-29-57(33-31-55)49(44(62)52-47(65)53-45(49)63)35-20-24-39(25-21-35)67-37-14-6-2-7-15-37/h1-2,4-7,12-15,18-25H,3,8-11,16-17,26-33H2,(H2,50,51,60,61,64)(H2,52,53,62,63,65). The summed E-state index contributed by atoms with van der Waals surface area (Å²) >= 11 is 0. The van der Waals surface area contributed by atoms with Crippen molar-refractivity contribution in [1.29, 1.82) is 0 Å². The average Bonchev–Trinajstić information content (AvgIpc) is 3.73. The second kappa shape index (κ2) is 20.4. The van der Waals surface area contributed by atoms with Crippen LogP contribution in [0.2, 0.25) is 0 Å². The SMILES string of the molecule is O=C1NC(=O)C(c2ccc(Oc3ccccc3)cc2)(N2CCCN(C(=O)CCCCCC(=O)N3CCCN(C4(c5ccc(Oc6ccccc6)cc5)C(=O)NC(=O)NC4=O)CC3)CC2)C(=O)N1. The monoisotopic (exact) mass is 912 g/mol. The van der Waals surface area contributed by atoms with E-state index < -0.39 is 46.8 Å². The van der Waals surface area contributed by atoms with Crippen LogP contribution in [0.5, 0.6) is 23.0 Å². The van der Waals surface area contributed by atoms with Crippen LogP contribution in [0.25, 0.3) is 0 Å². The van der Waals surface area contributed by atoms with Crippen molar-refractivity contribution in [2.75, 3.05) is 52.4 Å². The van der Waals surface area contributed by atoms with Crippen molar-refractivity contribution in [3.63, 3.8) is 0 Å². The van der Waals surface area contributed by atoms with E-state index in [2.05, 4.69) is 21.3 Å². The fourth-order valence-electron chi connectivity index (χ4n) is 9.33. The molecule has 0 aromatic heterocycles. The molecule has 4 aliphatic rings. The van der Waals surface area contributed by atoms with Gasteiger partial charge in [0.1, 0.15) is 23.0 Å². The first-order valence-electron chi connectivity index (χ1n) is 22.5. The maximum Gasteiger partial charge on any atom is 0.328 e. The first-order valence-corrected chi connectivity index (χ1v) is 22.5. The van der Waals surface area contributed by atoms with Gasteiger partial charge in [0.25, 0.3) is 23.6 Å². The average molecular weight is 913 g/mol. The predicted molar refractivity (Wildman–Crippen MR) is 241 cm³/mol. The molecule has 18 nitrogen and oxygen atoms in total. The fourth-order valence-corrected chi connectivity index (χ4v) is 9.33. The van der Waals surface area contributed by atoms with Gasteiger partial charge in [0, 0.05) is 65.2 Å². The molecule has 0 saturated carbocycles. The van der Waals surface area contributed by atoms with Gasteiger partial charge in [-0.15, -0.1) is 0 Å². The van der Waals surface area contributed by atoms with E-state index >= 15 is 0 Å². The second-order valence-corrected chi connectivity index (χ2v) is 16.8. The molecule has 4 fully saturated rings. The maximum absolute atomic E-state index is 13.7. The maximum atomic E-state index is 13.7. The van der Waals surface area contributed by atoms with Gasteiger partial charge in [-0.25, -0.2) is 9.59 Å². The molecule has 0 radical (unpaired) electrons. The van der Waals surface area contributed by atoms with E-state index in [0.717, 1.165) is 0 Å². The van der Waals surface area contributed by atoms with Crippen LogP contribution in [0.1, 0.15) is 56.1 Å². The highest BCUT2D eigenvalue weighted by molar-refractivity contribution is 6.23. The van der Waals surface area contributed by atoms with E-state index in [1.807, 2.05) is 36.4 Å². The number of para-hydroxylation sites is 2. The van der Waals surface area contributed by atoms with E-state index in [4.69, 9.17) is 9.47 Å². The second-order valence-electron chi connectivity index (χ2n) is 16.8. The number of benzene rings is 4. The Morgan fingerprint density at radius 1 is 0.418 bits per heavy atom. The van der Waals surface area contributed by atoms with Crippen LogP contribution in [0.15, 0.2) is 109 Å². The normalized spacial score (nSPS) is 19.0. The summed E-state index contributed by atoms with van der Waals surface area (Å²) in [5.41, 5.74) is -3.01. The van der Waals surface area contributed by atoms with Gasteiger partial charge in [0.2, 0.25) is 22.9 Å². The quantitative estimate of drug-likeness (QED) is 0.104. The number of rotatable bonds is 14. The Bertz CT molecular complexity index is 2290. The van der Waals surface area contributed by atoms with Gasteiger partial charge in [-0.2, -0.15) is 0 Å². The minimum absolute atomic E-state index is 0.0743. The molecule has 4 aromatic rings. The molecule has 0 bridgehead atoms. The predicted octanol–water partition coefficient (Wildman–Crippen LogP) is 4.11. The van der Waals surface area contributed by atoms with Crippen molar-refractivity contribution in [2.24, 2.45) is 0 Å². The molecule has 0 aliphatic carbocycles. The molecule has 0 atom stereocenters. The molecule has 4 aromatic carbocycles. The molecule has 67 heavy (non-hydrogen) atoms. The third-order valence-corrected chi connectivity index (χ3v) is 12.7. The summed E-state index contributed by atoms with van der Waals surface area (Å²) in [6.45, 7) is 2.32. The van der Waals surface area contributed by atoms with Crippen LogP contribution in [0.4, 0.5) is 9.59 Å². The summed E-state index contributed by atoms with van der Waals surface area (Å²) in [7, 11) is 0. The van der Waals surface area contributed by atoms with Crippen molar-refractivity contribution in [3.8, 4) is 23.0 Å². The number of ether oxygens (including phenoxy) is 2. The number of nitrogens with one attached hydrogen (secondary N) is 4. The Morgan fingerprint density at radius 2 is 0.761 bits per heavy atom. The number of barbiturate groups is 2. The van der Waals surface area contributed by atoms with E-state index in [1.54, 1.807) is 92.4 Å². The summed E-state index contributed by atoms with van der Waals surface area (Å²) in [6.07, 6.45) is 3.19. The molecule has 348 valence electrons. The number of carbonyl (C=O) groups excluding carboxylic acids is 8. The van der Waals surface area contributed by atoms with Crippen molar-refractivity contribution in [1.82, 2.24) is 40.9 Å². The zero-order chi connectivity index (χ0) is 47.0. The zero-order valence-electron chi connectivity index (χ0n) is 36.9. The summed E-state index contributed by atoms with van der Waals surface area (Å²) in [5.74, 6) is -1.01. The molecule has 4 aliphatic heterocycles. The van der Waals surface area contributed by atoms with Gasteiger partial charge in [0.15, 0.2) is 0 Å². The highest BCUT2D eigenvalue weighted by atomic mass is 16.5. The molecule has 10 amide bonds. The minimum atomic E-state index is -1.86. The van der Waals surface area contributed by atoms with Crippen molar-refractivity contribution in [2.45, 2.75) is 56.0 Å². The van der Waals surface area contributed by atoms with Crippen LogP contribution in [-0.2, 0) is 39.8 Å². The number of imide groups is 4. The summed E-state index contributed by atoms with van der Waals surface area (Å²) in [6, 6.07) is 29.7. The molecular weight excluding hydrogens is 861 g/mol. The molecule has 4 N–H and O–H groups in total. The lowest BCUT2D eigenvalue weighted by molar-refractivity contribution is -0.150. The Hall–Kier alpha value is -7.44. The van der Waals surface area contributed by atoms with Crippen molar-refractivity contribution < 1.29 is 47.8 Å². The van der Waals surface area contributed by atoms with E-state index in [-0.39, 0.29) is 50.8 Å². The van der Waals surface area contributed by atoms with Crippen molar-refractivity contribution >= 4 is 47.5 Å². The first kappa shape index (κ1) is 46.1. The van der Waals surface area contributed by atoms with Gasteiger partial charge in [-0.3, -0.25) is 59.8 Å². The van der Waals surface area contributed by atoms with E-state index in [0.29, 0.717) is 92.4 Å². The topological polar surface area (TPSA) is 216 Å². The molecular formula is C49H52N8O10. The summed E-state index contributed by atoms with van der Waals surface area (Å²) in [5, 5.41) is 9.11. The largest absolute Gasteiger partial charge is 0.457 e. The van der Waals surface area contributed by atoms with Crippen molar-refractivity contribution in [3.05, 3.63) is 120 Å². The van der Waals surface area contributed by atoms with Gasteiger partial charge >= 0.3 is 12.1 Å². The molecule has 8 rings (SSSR count).